The van der Waals surface area contributed by atoms with Gasteiger partial charge < -0.3 is 15.2 Å². The first-order valence-electron chi connectivity index (χ1n) is 10.2. The number of benzene rings is 1. The van der Waals surface area contributed by atoms with E-state index in [1.165, 1.54) is 4.68 Å². The first-order chi connectivity index (χ1) is 15.8. The maximum absolute atomic E-state index is 12.9. The zero-order chi connectivity index (χ0) is 23.8. The molecule has 2 aromatic heterocycles. The molecule has 1 aromatic carbocycles. The number of ether oxygens (including phenoxy) is 1. The molecular formula is C23H23ClN4O5. The summed E-state index contributed by atoms with van der Waals surface area (Å²) in [7, 11) is 0. The normalized spacial score (nSPS) is 10.6. The van der Waals surface area contributed by atoms with Crippen molar-refractivity contribution < 1.29 is 19.4 Å². The molecule has 0 radical (unpaired) electrons. The number of carboxylic acids is 1. The molecule has 3 aromatic rings. The van der Waals surface area contributed by atoms with Crippen molar-refractivity contribution in [2.75, 3.05) is 6.61 Å². The quantitative estimate of drug-likeness (QED) is 0.465. The first kappa shape index (κ1) is 23.9. The molecule has 2 heterocycles. The number of nitrogens with zero attached hydrogens (tertiary/aromatic N) is 3. The molecule has 33 heavy (non-hydrogen) atoms. The zero-order valence-corrected chi connectivity index (χ0v) is 18.7. The van der Waals surface area contributed by atoms with Crippen LogP contribution < -0.4 is 15.6 Å². The maximum atomic E-state index is 12.9. The van der Waals surface area contributed by atoms with E-state index in [9.17, 15) is 14.4 Å². The fraction of sp³-hybridized carbons (Fsp3) is 0.261. The van der Waals surface area contributed by atoms with Gasteiger partial charge in [0.25, 0.3) is 5.56 Å². The molecule has 172 valence electrons. The van der Waals surface area contributed by atoms with Gasteiger partial charge in [-0.2, -0.15) is 5.10 Å². The number of hydrogen-bond donors (Lipinski definition) is 2. The number of halogens is 1. The third kappa shape index (κ3) is 6.88. The summed E-state index contributed by atoms with van der Waals surface area (Å²) in [4.78, 5) is 40.5. The number of aromatic nitrogens is 3. The van der Waals surface area contributed by atoms with E-state index in [0.717, 1.165) is 5.69 Å². The summed E-state index contributed by atoms with van der Waals surface area (Å²) in [5, 5.41) is 16.1. The van der Waals surface area contributed by atoms with Crippen molar-refractivity contribution in [3.8, 4) is 5.75 Å². The number of rotatable bonds is 10. The zero-order valence-electron chi connectivity index (χ0n) is 18.0. The molecule has 2 N–H and O–H groups in total. The molecule has 0 fully saturated rings. The topological polar surface area (TPSA) is 123 Å². The number of amides is 1. The van der Waals surface area contributed by atoms with Crippen LogP contribution in [0.3, 0.4) is 0 Å². The highest BCUT2D eigenvalue weighted by atomic mass is 35.5. The molecular weight excluding hydrogens is 448 g/mol. The first-order valence-corrected chi connectivity index (χ1v) is 10.6. The van der Waals surface area contributed by atoms with Crippen LogP contribution >= 0.6 is 11.6 Å². The van der Waals surface area contributed by atoms with Gasteiger partial charge in [0.2, 0.25) is 5.91 Å². The van der Waals surface area contributed by atoms with Crippen LogP contribution in [-0.4, -0.2) is 38.4 Å². The Labute approximate surface area is 195 Å². The van der Waals surface area contributed by atoms with Crippen LogP contribution in [0, 0.1) is 6.92 Å². The predicted octanol–water partition coefficient (Wildman–Crippen LogP) is 2.17. The van der Waals surface area contributed by atoms with E-state index in [0.29, 0.717) is 40.4 Å². The molecule has 0 unspecified atom stereocenters. The van der Waals surface area contributed by atoms with Crippen molar-refractivity contribution in [2.45, 2.75) is 32.9 Å². The fourth-order valence-corrected chi connectivity index (χ4v) is 3.33. The third-order valence-electron chi connectivity index (χ3n) is 4.85. The second-order valence-electron chi connectivity index (χ2n) is 7.29. The summed E-state index contributed by atoms with van der Waals surface area (Å²) in [5.41, 5.74) is 2.02. The number of carbonyl (C=O) groups is 2. The lowest BCUT2D eigenvalue weighted by atomic mass is 10.1. The van der Waals surface area contributed by atoms with E-state index in [-0.39, 0.29) is 24.4 Å². The Hall–Kier alpha value is -3.72. The van der Waals surface area contributed by atoms with Crippen LogP contribution in [0.1, 0.15) is 22.4 Å². The average molecular weight is 471 g/mol. The predicted molar refractivity (Wildman–Crippen MR) is 121 cm³/mol. The highest BCUT2D eigenvalue weighted by Gasteiger charge is 2.14. The van der Waals surface area contributed by atoms with E-state index < -0.39 is 12.6 Å². The molecule has 3 rings (SSSR count). The van der Waals surface area contributed by atoms with Gasteiger partial charge in [-0.25, -0.2) is 9.48 Å². The SMILES string of the molecule is Cc1cnn(CCc2ccccn2)c(=O)c1CC(=O)NCc1cc(Cl)ccc1OCC(=O)O. The second-order valence-corrected chi connectivity index (χ2v) is 7.73. The number of pyridine rings is 1. The Bertz CT molecular complexity index is 1200. The van der Waals surface area contributed by atoms with E-state index >= 15 is 0 Å². The molecule has 0 saturated heterocycles. The van der Waals surface area contributed by atoms with Crippen LogP contribution in [0.2, 0.25) is 5.02 Å². The van der Waals surface area contributed by atoms with Crippen molar-refractivity contribution in [1.82, 2.24) is 20.1 Å². The van der Waals surface area contributed by atoms with E-state index in [4.69, 9.17) is 21.4 Å². The average Bonchev–Trinajstić information content (AvgIpc) is 2.80. The third-order valence-corrected chi connectivity index (χ3v) is 5.09. The highest BCUT2D eigenvalue weighted by Crippen LogP contribution is 2.23. The number of nitrogens with one attached hydrogen (secondary N) is 1. The van der Waals surface area contributed by atoms with Gasteiger partial charge in [-0.3, -0.25) is 14.6 Å². The van der Waals surface area contributed by atoms with Gasteiger partial charge >= 0.3 is 5.97 Å². The van der Waals surface area contributed by atoms with Crippen LogP contribution in [0.15, 0.2) is 53.6 Å². The van der Waals surface area contributed by atoms with Gasteiger partial charge in [-0.1, -0.05) is 17.7 Å². The second kappa shape index (κ2) is 11.2. The highest BCUT2D eigenvalue weighted by molar-refractivity contribution is 6.30. The van der Waals surface area contributed by atoms with E-state index in [2.05, 4.69) is 15.4 Å². The summed E-state index contributed by atoms with van der Waals surface area (Å²) < 4.78 is 6.58. The van der Waals surface area contributed by atoms with Gasteiger partial charge in [0.1, 0.15) is 5.75 Å². The van der Waals surface area contributed by atoms with Gasteiger partial charge in [0.05, 0.1) is 19.2 Å². The van der Waals surface area contributed by atoms with Gasteiger partial charge in [0.15, 0.2) is 6.61 Å². The number of carbonyl (C=O) groups excluding carboxylic acids is 1. The minimum atomic E-state index is -1.12. The Morgan fingerprint density at radius 2 is 2.06 bits per heavy atom. The number of aryl methyl sites for hydroxylation is 3. The molecule has 10 heteroatoms. The molecule has 0 aliphatic carbocycles. The van der Waals surface area contributed by atoms with Crippen LogP contribution in [0.4, 0.5) is 0 Å². The van der Waals surface area contributed by atoms with Crippen LogP contribution in [0.5, 0.6) is 5.75 Å². The summed E-state index contributed by atoms with van der Waals surface area (Å²) in [6, 6.07) is 10.3. The van der Waals surface area contributed by atoms with Crippen LogP contribution in [0.25, 0.3) is 0 Å². The molecule has 0 atom stereocenters. The molecule has 0 aliphatic heterocycles. The monoisotopic (exact) mass is 470 g/mol. The van der Waals surface area contributed by atoms with Crippen molar-refractivity contribution in [1.29, 1.82) is 0 Å². The lowest BCUT2D eigenvalue weighted by molar-refractivity contribution is -0.139. The molecule has 1 amide bonds. The number of aliphatic carboxylic acids is 1. The lowest BCUT2D eigenvalue weighted by Gasteiger charge is -2.13. The standard InChI is InChI=1S/C23H23ClN4O5/c1-15-12-27-28(9-7-18-4-2-3-8-25-18)23(32)19(15)11-21(29)26-13-16-10-17(24)5-6-20(16)33-14-22(30)31/h2-6,8,10,12H,7,9,11,13-14H2,1H3,(H,26,29)(H,30,31). The Morgan fingerprint density at radius 3 is 2.79 bits per heavy atom. The summed E-state index contributed by atoms with van der Waals surface area (Å²) in [6.45, 7) is 1.62. The van der Waals surface area contributed by atoms with Gasteiger partial charge in [-0.15, -0.1) is 0 Å². The number of hydrogen-bond acceptors (Lipinski definition) is 6. The van der Waals surface area contributed by atoms with E-state index in [1.807, 2.05) is 18.2 Å². The molecule has 9 nitrogen and oxygen atoms in total. The van der Waals surface area contributed by atoms with Crippen molar-refractivity contribution >= 4 is 23.5 Å². The molecule has 0 saturated carbocycles. The Kier molecular flexibility index (Phi) is 8.15. The molecule has 0 aliphatic rings. The van der Waals surface area contributed by atoms with Gasteiger partial charge in [0, 0.05) is 41.0 Å². The lowest BCUT2D eigenvalue weighted by Crippen LogP contribution is -2.32. The minimum absolute atomic E-state index is 0.0618. The smallest absolute Gasteiger partial charge is 0.341 e. The summed E-state index contributed by atoms with van der Waals surface area (Å²) in [6.07, 6.45) is 3.67. The van der Waals surface area contributed by atoms with Crippen molar-refractivity contribution in [3.05, 3.63) is 86.6 Å². The number of carboxylic acid groups (broad SMARTS) is 1. The van der Waals surface area contributed by atoms with Gasteiger partial charge in [-0.05, 0) is 42.8 Å². The molecule has 0 spiro atoms. The largest absolute Gasteiger partial charge is 0.482 e. The Balaban J connectivity index is 1.66. The summed E-state index contributed by atoms with van der Waals surface area (Å²) in [5.74, 6) is -1.19. The van der Waals surface area contributed by atoms with Crippen molar-refractivity contribution in [2.24, 2.45) is 0 Å². The van der Waals surface area contributed by atoms with Crippen LogP contribution in [-0.2, 0) is 35.5 Å². The maximum Gasteiger partial charge on any atom is 0.341 e. The Morgan fingerprint density at radius 1 is 1.24 bits per heavy atom. The summed E-state index contributed by atoms with van der Waals surface area (Å²) >= 11 is 6.02. The van der Waals surface area contributed by atoms with Crippen molar-refractivity contribution in [3.63, 3.8) is 0 Å². The minimum Gasteiger partial charge on any atom is -0.482 e. The fourth-order valence-electron chi connectivity index (χ4n) is 3.14. The van der Waals surface area contributed by atoms with E-state index in [1.54, 1.807) is 37.5 Å². The molecule has 0 bridgehead atoms.